The van der Waals surface area contributed by atoms with Crippen molar-refractivity contribution in [1.82, 2.24) is 5.32 Å². The summed E-state index contributed by atoms with van der Waals surface area (Å²) in [4.78, 5) is 24.0. The van der Waals surface area contributed by atoms with Crippen molar-refractivity contribution in [3.05, 3.63) is 29.8 Å². The Bertz CT molecular complexity index is 522. The molecule has 0 radical (unpaired) electrons. The van der Waals surface area contributed by atoms with E-state index in [9.17, 15) is 9.59 Å². The number of hydrogen-bond acceptors (Lipinski definition) is 3. The summed E-state index contributed by atoms with van der Waals surface area (Å²) < 4.78 is 0. The summed E-state index contributed by atoms with van der Waals surface area (Å²) in [6, 6.07) is 7.02. The average molecular weight is 275 g/mol. The molecule has 0 spiro atoms. The second kappa shape index (κ2) is 5.63. The quantitative estimate of drug-likeness (QED) is 0.761. The van der Waals surface area contributed by atoms with Crippen molar-refractivity contribution in [3.8, 4) is 0 Å². The Hall–Kier alpha value is -1.88. The van der Waals surface area contributed by atoms with Crippen LogP contribution in [0.25, 0.3) is 0 Å². The average Bonchev–Trinajstić information content (AvgIpc) is 3.19. The minimum Gasteiger partial charge on any atom is -0.350 e. The normalized spacial score (nSPS) is 15.8. The van der Waals surface area contributed by atoms with Crippen LogP contribution in [-0.4, -0.2) is 24.4 Å². The fourth-order valence-electron chi connectivity index (χ4n) is 2.02. The SMILES string of the molecule is CC(C)NC(=O)c1cccc(NC(=O)C2(CN)CC2)c1. The molecule has 0 aromatic heterocycles. The second-order valence-electron chi connectivity index (χ2n) is 5.65. The highest BCUT2D eigenvalue weighted by Crippen LogP contribution is 2.45. The molecule has 1 aliphatic carbocycles. The van der Waals surface area contributed by atoms with Crippen LogP contribution in [-0.2, 0) is 4.79 Å². The smallest absolute Gasteiger partial charge is 0.251 e. The van der Waals surface area contributed by atoms with Gasteiger partial charge in [0.25, 0.3) is 5.91 Å². The standard InChI is InChI=1S/C15H21N3O2/c1-10(2)17-13(19)11-4-3-5-12(8-11)18-14(20)15(9-16)6-7-15/h3-5,8,10H,6-7,9,16H2,1-2H3,(H,17,19)(H,18,20). The molecule has 0 saturated heterocycles. The lowest BCUT2D eigenvalue weighted by molar-refractivity contribution is -0.120. The van der Waals surface area contributed by atoms with Crippen LogP contribution >= 0.6 is 0 Å². The predicted molar refractivity (Wildman–Crippen MR) is 78.4 cm³/mol. The summed E-state index contributed by atoms with van der Waals surface area (Å²) in [6.07, 6.45) is 1.67. The van der Waals surface area contributed by atoms with Gasteiger partial charge in [0.1, 0.15) is 0 Å². The van der Waals surface area contributed by atoms with Crippen LogP contribution in [0.15, 0.2) is 24.3 Å². The number of nitrogens with two attached hydrogens (primary N) is 1. The van der Waals surface area contributed by atoms with Crippen molar-refractivity contribution in [2.75, 3.05) is 11.9 Å². The molecule has 0 atom stereocenters. The van der Waals surface area contributed by atoms with Crippen LogP contribution in [0.2, 0.25) is 0 Å². The monoisotopic (exact) mass is 275 g/mol. The summed E-state index contributed by atoms with van der Waals surface area (Å²) >= 11 is 0. The van der Waals surface area contributed by atoms with Gasteiger partial charge >= 0.3 is 0 Å². The van der Waals surface area contributed by atoms with Crippen LogP contribution in [0, 0.1) is 5.41 Å². The van der Waals surface area contributed by atoms with Crippen LogP contribution in [0.5, 0.6) is 0 Å². The number of amides is 2. The van der Waals surface area contributed by atoms with Crippen molar-refractivity contribution in [3.63, 3.8) is 0 Å². The highest BCUT2D eigenvalue weighted by molar-refractivity contribution is 5.99. The molecule has 0 aliphatic heterocycles. The van der Waals surface area contributed by atoms with E-state index in [0.29, 0.717) is 17.8 Å². The van der Waals surface area contributed by atoms with Crippen molar-refractivity contribution in [1.29, 1.82) is 0 Å². The Morgan fingerprint density at radius 1 is 1.35 bits per heavy atom. The van der Waals surface area contributed by atoms with Crippen molar-refractivity contribution < 1.29 is 9.59 Å². The summed E-state index contributed by atoms with van der Waals surface area (Å²) in [5.74, 6) is -0.197. The predicted octanol–water partition coefficient (Wildman–Crippen LogP) is 1.50. The number of nitrogens with one attached hydrogen (secondary N) is 2. The maximum Gasteiger partial charge on any atom is 0.251 e. The first-order valence-electron chi connectivity index (χ1n) is 6.89. The third-order valence-corrected chi connectivity index (χ3v) is 3.53. The number of carbonyl (C=O) groups excluding carboxylic acids is 2. The van der Waals surface area contributed by atoms with Gasteiger partial charge in [-0.1, -0.05) is 6.07 Å². The molecule has 5 nitrogen and oxygen atoms in total. The van der Waals surface area contributed by atoms with Gasteiger partial charge in [-0.15, -0.1) is 0 Å². The number of hydrogen-bond donors (Lipinski definition) is 3. The van der Waals surface area contributed by atoms with Gasteiger partial charge in [0.2, 0.25) is 5.91 Å². The molecule has 1 aromatic rings. The van der Waals surface area contributed by atoms with Gasteiger partial charge < -0.3 is 16.4 Å². The number of anilines is 1. The number of carbonyl (C=O) groups is 2. The van der Waals surface area contributed by atoms with E-state index in [1.54, 1.807) is 24.3 Å². The lowest BCUT2D eigenvalue weighted by Gasteiger charge is -2.14. The van der Waals surface area contributed by atoms with E-state index in [4.69, 9.17) is 5.73 Å². The Labute approximate surface area is 118 Å². The number of rotatable bonds is 5. The summed E-state index contributed by atoms with van der Waals surface area (Å²) in [5, 5.41) is 5.67. The molecule has 4 N–H and O–H groups in total. The highest BCUT2D eigenvalue weighted by Gasteiger charge is 2.48. The fraction of sp³-hybridized carbons (Fsp3) is 0.467. The maximum atomic E-state index is 12.1. The zero-order chi connectivity index (χ0) is 14.8. The molecule has 20 heavy (non-hydrogen) atoms. The molecule has 5 heteroatoms. The Morgan fingerprint density at radius 2 is 2.05 bits per heavy atom. The summed E-state index contributed by atoms with van der Waals surface area (Å²) in [6.45, 7) is 4.18. The van der Waals surface area contributed by atoms with Gasteiger partial charge in [-0.2, -0.15) is 0 Å². The zero-order valence-electron chi connectivity index (χ0n) is 11.9. The second-order valence-corrected chi connectivity index (χ2v) is 5.65. The van der Waals surface area contributed by atoms with E-state index < -0.39 is 5.41 Å². The van der Waals surface area contributed by atoms with E-state index in [-0.39, 0.29) is 17.9 Å². The first-order chi connectivity index (χ1) is 9.47. The fourth-order valence-corrected chi connectivity index (χ4v) is 2.02. The van der Waals surface area contributed by atoms with E-state index in [2.05, 4.69) is 10.6 Å². The molecular weight excluding hydrogens is 254 g/mol. The van der Waals surface area contributed by atoms with Crippen LogP contribution in [0.3, 0.4) is 0 Å². The molecule has 2 rings (SSSR count). The van der Waals surface area contributed by atoms with Crippen LogP contribution in [0.1, 0.15) is 37.0 Å². The summed E-state index contributed by atoms with van der Waals surface area (Å²) in [7, 11) is 0. The van der Waals surface area contributed by atoms with Crippen molar-refractivity contribution >= 4 is 17.5 Å². The van der Waals surface area contributed by atoms with Crippen LogP contribution in [0.4, 0.5) is 5.69 Å². The lowest BCUT2D eigenvalue weighted by Crippen LogP contribution is -2.31. The molecule has 0 bridgehead atoms. The van der Waals surface area contributed by atoms with E-state index in [1.807, 2.05) is 13.8 Å². The summed E-state index contributed by atoms with van der Waals surface area (Å²) in [5.41, 5.74) is 6.41. The zero-order valence-corrected chi connectivity index (χ0v) is 11.9. The lowest BCUT2D eigenvalue weighted by atomic mass is 10.1. The maximum absolute atomic E-state index is 12.1. The van der Waals surface area contributed by atoms with Gasteiger partial charge in [-0.25, -0.2) is 0 Å². The Balaban J connectivity index is 2.06. The Morgan fingerprint density at radius 3 is 2.60 bits per heavy atom. The van der Waals surface area contributed by atoms with Crippen molar-refractivity contribution in [2.45, 2.75) is 32.7 Å². The van der Waals surface area contributed by atoms with E-state index in [1.165, 1.54) is 0 Å². The number of benzene rings is 1. The minimum absolute atomic E-state index is 0.0542. The molecule has 108 valence electrons. The molecular formula is C15H21N3O2. The van der Waals surface area contributed by atoms with Gasteiger partial charge in [0.15, 0.2) is 0 Å². The molecule has 1 aliphatic rings. The van der Waals surface area contributed by atoms with E-state index >= 15 is 0 Å². The van der Waals surface area contributed by atoms with Gasteiger partial charge in [0, 0.05) is 23.8 Å². The van der Waals surface area contributed by atoms with Crippen molar-refractivity contribution in [2.24, 2.45) is 11.1 Å². The third-order valence-electron chi connectivity index (χ3n) is 3.53. The molecule has 1 aromatic carbocycles. The van der Waals surface area contributed by atoms with Gasteiger partial charge in [-0.05, 0) is 44.9 Å². The van der Waals surface area contributed by atoms with Crippen LogP contribution < -0.4 is 16.4 Å². The molecule has 1 saturated carbocycles. The molecule has 0 unspecified atom stereocenters. The molecule has 2 amide bonds. The van der Waals surface area contributed by atoms with Gasteiger partial charge in [-0.3, -0.25) is 9.59 Å². The molecule has 0 heterocycles. The first-order valence-corrected chi connectivity index (χ1v) is 6.89. The molecule has 1 fully saturated rings. The first kappa shape index (κ1) is 14.5. The largest absolute Gasteiger partial charge is 0.350 e. The van der Waals surface area contributed by atoms with Gasteiger partial charge in [0.05, 0.1) is 5.41 Å². The topological polar surface area (TPSA) is 84.2 Å². The van der Waals surface area contributed by atoms with E-state index in [0.717, 1.165) is 12.8 Å². The third kappa shape index (κ3) is 3.17. The Kier molecular flexibility index (Phi) is 4.09. The highest BCUT2D eigenvalue weighted by atomic mass is 16.2. The minimum atomic E-state index is -0.393.